The van der Waals surface area contributed by atoms with E-state index in [2.05, 4.69) is 26.8 Å². The van der Waals surface area contributed by atoms with Crippen LogP contribution >= 0.6 is 11.6 Å². The van der Waals surface area contributed by atoms with Crippen LogP contribution in [-0.4, -0.2) is 0 Å². The van der Waals surface area contributed by atoms with Crippen molar-refractivity contribution in [3.8, 4) is 0 Å². The minimum Gasteiger partial charge on any atom is -0.321 e. The molecule has 18 heavy (non-hydrogen) atoms. The van der Waals surface area contributed by atoms with Gasteiger partial charge in [0, 0.05) is 10.6 Å². The Labute approximate surface area is 116 Å². The Morgan fingerprint density at radius 3 is 2.44 bits per heavy atom. The summed E-state index contributed by atoms with van der Waals surface area (Å²) in [4.78, 5) is 0. The number of hydrogen-bond donors (Lipinski definition) is 1. The normalized spacial score (nSPS) is 31.9. The number of halogens is 1. The highest BCUT2D eigenvalue weighted by molar-refractivity contribution is 6.31. The van der Waals surface area contributed by atoms with Crippen LogP contribution in [0.2, 0.25) is 5.02 Å². The van der Waals surface area contributed by atoms with E-state index in [1.165, 1.54) is 19.3 Å². The smallest absolute Gasteiger partial charge is 0.0456 e. The Morgan fingerprint density at radius 1 is 1.17 bits per heavy atom. The number of nitrogens with two attached hydrogens (primary N) is 1. The summed E-state index contributed by atoms with van der Waals surface area (Å²) in [5.41, 5.74) is 7.42. The van der Waals surface area contributed by atoms with Gasteiger partial charge < -0.3 is 5.73 Å². The molecule has 0 saturated heterocycles. The average molecular weight is 266 g/mol. The topological polar surface area (TPSA) is 26.0 Å². The van der Waals surface area contributed by atoms with Crippen molar-refractivity contribution in [2.24, 2.45) is 23.5 Å². The maximum absolute atomic E-state index is 6.64. The minimum atomic E-state index is -0.313. The molecule has 0 heterocycles. The third kappa shape index (κ3) is 2.57. The molecular weight excluding hydrogens is 242 g/mol. The Kier molecular flexibility index (Phi) is 4.03. The average Bonchev–Trinajstić information content (AvgIpc) is 2.33. The lowest BCUT2D eigenvalue weighted by atomic mass is 9.67. The second-order valence-corrected chi connectivity index (χ2v) is 6.63. The van der Waals surface area contributed by atoms with Crippen LogP contribution < -0.4 is 5.73 Å². The molecule has 100 valence electrons. The fourth-order valence-electron chi connectivity index (χ4n) is 3.21. The van der Waals surface area contributed by atoms with Crippen LogP contribution in [0.5, 0.6) is 0 Å². The molecule has 1 fully saturated rings. The van der Waals surface area contributed by atoms with Gasteiger partial charge in [0.2, 0.25) is 0 Å². The summed E-state index contributed by atoms with van der Waals surface area (Å²) in [6, 6.07) is 8.01. The second-order valence-electron chi connectivity index (χ2n) is 6.23. The van der Waals surface area contributed by atoms with Crippen LogP contribution in [0.1, 0.15) is 45.6 Å². The number of hydrogen-bond acceptors (Lipinski definition) is 1. The maximum Gasteiger partial charge on any atom is 0.0456 e. The van der Waals surface area contributed by atoms with E-state index in [0.717, 1.165) is 22.4 Å². The number of benzene rings is 1. The number of rotatable bonds is 2. The molecule has 0 aliphatic heterocycles. The molecule has 0 radical (unpaired) electrons. The van der Waals surface area contributed by atoms with Crippen LogP contribution in [0, 0.1) is 17.8 Å². The predicted octanol–water partition coefficient (Wildman–Crippen LogP) is 4.59. The molecule has 2 heteroatoms. The quantitative estimate of drug-likeness (QED) is 0.832. The highest BCUT2D eigenvalue weighted by atomic mass is 35.5. The Morgan fingerprint density at radius 2 is 1.83 bits per heavy atom. The molecule has 2 rings (SSSR count). The van der Waals surface area contributed by atoms with Crippen LogP contribution in [-0.2, 0) is 5.54 Å². The van der Waals surface area contributed by atoms with Crippen molar-refractivity contribution in [2.45, 2.75) is 45.6 Å². The van der Waals surface area contributed by atoms with Gasteiger partial charge in [0.1, 0.15) is 0 Å². The van der Waals surface area contributed by atoms with E-state index in [1.807, 2.05) is 18.2 Å². The lowest BCUT2D eigenvalue weighted by Crippen LogP contribution is -2.44. The molecule has 2 N–H and O–H groups in total. The molecule has 0 aromatic heterocycles. The minimum absolute atomic E-state index is 0.313. The lowest BCUT2D eigenvalue weighted by molar-refractivity contribution is 0.142. The summed E-state index contributed by atoms with van der Waals surface area (Å²) in [5.74, 6) is 2.11. The zero-order valence-electron chi connectivity index (χ0n) is 11.6. The predicted molar refractivity (Wildman–Crippen MR) is 78.7 cm³/mol. The summed E-state index contributed by atoms with van der Waals surface area (Å²) in [5, 5.41) is 0.800. The molecule has 1 aromatic rings. The zero-order valence-corrected chi connectivity index (χ0v) is 12.4. The largest absolute Gasteiger partial charge is 0.321 e. The molecule has 4 atom stereocenters. The first-order chi connectivity index (χ1) is 8.43. The molecule has 1 saturated carbocycles. The molecule has 1 aliphatic carbocycles. The molecular formula is C16H24ClN. The fourth-order valence-corrected chi connectivity index (χ4v) is 3.55. The van der Waals surface area contributed by atoms with Gasteiger partial charge in [0.05, 0.1) is 0 Å². The van der Waals surface area contributed by atoms with Crippen molar-refractivity contribution in [3.05, 3.63) is 34.9 Å². The first-order valence-electron chi connectivity index (χ1n) is 6.96. The Balaban J connectivity index is 2.24. The molecule has 1 aromatic carbocycles. The lowest BCUT2D eigenvalue weighted by Gasteiger charge is -2.42. The second kappa shape index (κ2) is 5.22. The van der Waals surface area contributed by atoms with Crippen molar-refractivity contribution in [1.82, 2.24) is 0 Å². The van der Waals surface area contributed by atoms with Crippen molar-refractivity contribution in [1.29, 1.82) is 0 Å². The summed E-state index contributed by atoms with van der Waals surface area (Å²) >= 11 is 6.31. The van der Waals surface area contributed by atoms with Gasteiger partial charge in [-0.3, -0.25) is 0 Å². The van der Waals surface area contributed by atoms with Crippen molar-refractivity contribution in [2.75, 3.05) is 0 Å². The molecule has 0 spiro atoms. The van der Waals surface area contributed by atoms with Gasteiger partial charge in [-0.2, -0.15) is 0 Å². The third-order valence-electron chi connectivity index (χ3n) is 4.90. The zero-order chi connectivity index (χ0) is 13.3. The van der Waals surface area contributed by atoms with Gasteiger partial charge in [0.15, 0.2) is 0 Å². The molecule has 0 bridgehead atoms. The SMILES string of the molecule is CC1CCC(C(C)(N)c2ccccc2Cl)CC1C. The van der Waals surface area contributed by atoms with E-state index in [0.29, 0.717) is 5.92 Å². The first kappa shape index (κ1) is 13.9. The Bertz CT molecular complexity index is 413. The van der Waals surface area contributed by atoms with E-state index >= 15 is 0 Å². The summed E-state index contributed by atoms with van der Waals surface area (Å²) in [6.45, 7) is 6.84. The van der Waals surface area contributed by atoms with Gasteiger partial charge in [-0.15, -0.1) is 0 Å². The van der Waals surface area contributed by atoms with Crippen LogP contribution in [0.25, 0.3) is 0 Å². The fraction of sp³-hybridized carbons (Fsp3) is 0.625. The maximum atomic E-state index is 6.64. The van der Waals surface area contributed by atoms with Crippen LogP contribution in [0.4, 0.5) is 0 Å². The highest BCUT2D eigenvalue weighted by Crippen LogP contribution is 2.43. The van der Waals surface area contributed by atoms with Crippen molar-refractivity contribution >= 4 is 11.6 Å². The van der Waals surface area contributed by atoms with Gasteiger partial charge in [-0.05, 0) is 49.1 Å². The van der Waals surface area contributed by atoms with Gasteiger partial charge in [-0.25, -0.2) is 0 Å². The molecule has 4 unspecified atom stereocenters. The van der Waals surface area contributed by atoms with E-state index in [4.69, 9.17) is 17.3 Å². The first-order valence-corrected chi connectivity index (χ1v) is 7.34. The summed E-state index contributed by atoms with van der Waals surface area (Å²) in [6.07, 6.45) is 3.70. The summed E-state index contributed by atoms with van der Waals surface area (Å²) < 4.78 is 0. The van der Waals surface area contributed by atoms with Crippen molar-refractivity contribution < 1.29 is 0 Å². The third-order valence-corrected chi connectivity index (χ3v) is 5.23. The standard InChI is InChI=1S/C16H24ClN/c1-11-8-9-13(10-12(11)2)16(3,18)14-6-4-5-7-15(14)17/h4-7,11-13H,8-10,18H2,1-3H3. The van der Waals surface area contributed by atoms with Crippen LogP contribution in [0.3, 0.4) is 0 Å². The van der Waals surface area contributed by atoms with E-state index in [9.17, 15) is 0 Å². The van der Waals surface area contributed by atoms with E-state index < -0.39 is 0 Å². The van der Waals surface area contributed by atoms with E-state index in [-0.39, 0.29) is 5.54 Å². The monoisotopic (exact) mass is 265 g/mol. The van der Waals surface area contributed by atoms with Gasteiger partial charge >= 0.3 is 0 Å². The van der Waals surface area contributed by atoms with Crippen molar-refractivity contribution in [3.63, 3.8) is 0 Å². The Hall–Kier alpha value is -0.530. The van der Waals surface area contributed by atoms with E-state index in [1.54, 1.807) is 0 Å². The molecule has 0 amide bonds. The molecule has 1 aliphatic rings. The van der Waals surface area contributed by atoms with Crippen LogP contribution in [0.15, 0.2) is 24.3 Å². The summed E-state index contributed by atoms with van der Waals surface area (Å²) in [7, 11) is 0. The molecule has 1 nitrogen and oxygen atoms in total. The highest BCUT2D eigenvalue weighted by Gasteiger charge is 2.37. The van der Waals surface area contributed by atoms with Gasteiger partial charge in [-0.1, -0.05) is 50.1 Å². The van der Waals surface area contributed by atoms with Gasteiger partial charge in [0.25, 0.3) is 0 Å².